The topological polar surface area (TPSA) is 29.5 Å². The lowest BCUT2D eigenvalue weighted by Gasteiger charge is -2.43. The number of methoxy groups -OCH3 is 1. The van der Waals surface area contributed by atoms with E-state index < -0.39 is 10.9 Å². The van der Waals surface area contributed by atoms with Crippen LogP contribution in [-0.4, -0.2) is 18.4 Å². The maximum Gasteiger partial charge on any atom is 0.245 e. The molecule has 1 atom stereocenters. The van der Waals surface area contributed by atoms with E-state index in [0.717, 1.165) is 31.3 Å². The Morgan fingerprint density at radius 2 is 2.09 bits per heavy atom. The van der Waals surface area contributed by atoms with Gasteiger partial charge in [0.1, 0.15) is 15.0 Å². The molecule has 2 heterocycles. The quantitative estimate of drug-likeness (QED) is 0.392. The van der Waals surface area contributed by atoms with Crippen LogP contribution in [0.4, 0.5) is 5.69 Å². The predicted octanol–water partition coefficient (Wildman–Crippen LogP) is 5.42. The molecule has 0 fully saturated rings. The van der Waals surface area contributed by atoms with Crippen molar-refractivity contribution in [1.82, 2.24) is 0 Å². The number of fused-ring (bicyclic) bond motifs is 3. The van der Waals surface area contributed by atoms with E-state index in [1.54, 1.807) is 39.6 Å². The van der Waals surface area contributed by atoms with Crippen molar-refractivity contribution in [2.24, 2.45) is 0 Å². The zero-order valence-corrected chi connectivity index (χ0v) is 16.4. The molecule has 0 saturated carbocycles. The minimum absolute atomic E-state index is 0.113. The van der Waals surface area contributed by atoms with Crippen LogP contribution in [-0.2, 0) is 10.3 Å². The van der Waals surface area contributed by atoms with Crippen LogP contribution in [0.2, 0.25) is 0 Å². The lowest BCUT2D eigenvalue weighted by atomic mass is 9.87. The third-order valence-electron chi connectivity index (χ3n) is 4.02. The highest BCUT2D eigenvalue weighted by Gasteiger charge is 2.43. The molecule has 0 N–H and O–H groups in total. The van der Waals surface area contributed by atoms with Gasteiger partial charge in [0.25, 0.3) is 0 Å². The van der Waals surface area contributed by atoms with E-state index in [9.17, 15) is 4.79 Å². The van der Waals surface area contributed by atoms with Gasteiger partial charge in [0.2, 0.25) is 5.91 Å². The summed E-state index contributed by atoms with van der Waals surface area (Å²) in [4.78, 5) is 15.7. The highest BCUT2D eigenvalue weighted by molar-refractivity contribution is 7.80. The molecule has 0 aliphatic carbocycles. The average molecular weight is 386 g/mol. The van der Waals surface area contributed by atoms with E-state index in [2.05, 4.69) is 0 Å². The maximum absolute atomic E-state index is 12.8. The molecule has 0 spiro atoms. The summed E-state index contributed by atoms with van der Waals surface area (Å²) in [5, 5.41) is -0.600. The van der Waals surface area contributed by atoms with E-state index in [1.165, 1.54) is 0 Å². The first-order valence-electron chi connectivity index (χ1n) is 7.09. The van der Waals surface area contributed by atoms with E-state index in [4.69, 9.17) is 28.6 Å². The minimum Gasteiger partial charge on any atom is -0.497 e. The SMILES string of the molecule is COc1ccc2c(c1)-c1c(ssc1=S)C(C)(C)N2C(=O)C(C)Cl. The Labute approximate surface area is 152 Å². The van der Waals surface area contributed by atoms with E-state index >= 15 is 0 Å². The lowest BCUT2D eigenvalue weighted by Crippen LogP contribution is -2.50. The highest BCUT2D eigenvalue weighted by atomic mass is 35.5. The number of ether oxygens (including phenoxy) is 1. The van der Waals surface area contributed by atoms with Gasteiger partial charge in [-0.15, -0.1) is 11.6 Å². The first-order chi connectivity index (χ1) is 10.8. The Bertz CT molecular complexity index is 838. The Morgan fingerprint density at radius 1 is 1.39 bits per heavy atom. The Balaban J connectivity index is 2.35. The van der Waals surface area contributed by atoms with Crippen LogP contribution in [0.1, 0.15) is 25.6 Å². The number of nitrogens with zero attached hydrogens (tertiary/aromatic N) is 1. The second-order valence-electron chi connectivity index (χ2n) is 5.89. The number of anilines is 1. The molecule has 1 amide bonds. The van der Waals surface area contributed by atoms with E-state index in [1.807, 2.05) is 32.0 Å². The molecule has 0 saturated heterocycles. The number of benzene rings is 1. The molecule has 1 aromatic carbocycles. The number of hydrogen-bond acceptors (Lipinski definition) is 5. The molecule has 1 unspecified atom stereocenters. The first-order valence-corrected chi connectivity index (χ1v) is 10.1. The van der Waals surface area contributed by atoms with Crippen LogP contribution in [0.15, 0.2) is 18.2 Å². The van der Waals surface area contributed by atoms with Gasteiger partial charge in [0, 0.05) is 11.1 Å². The second-order valence-corrected chi connectivity index (χ2v) is 9.36. The summed E-state index contributed by atoms with van der Waals surface area (Å²) in [7, 11) is 4.82. The van der Waals surface area contributed by atoms with Crippen molar-refractivity contribution in [3.05, 3.63) is 26.9 Å². The van der Waals surface area contributed by atoms with E-state index in [0.29, 0.717) is 0 Å². The van der Waals surface area contributed by atoms with Crippen molar-refractivity contribution in [3.8, 4) is 16.9 Å². The molecule has 0 bridgehead atoms. The average Bonchev–Trinajstić information content (AvgIpc) is 2.89. The molecule has 7 heteroatoms. The van der Waals surface area contributed by atoms with Crippen molar-refractivity contribution >= 4 is 56.1 Å². The van der Waals surface area contributed by atoms with Crippen molar-refractivity contribution < 1.29 is 9.53 Å². The molecule has 1 aromatic heterocycles. The summed E-state index contributed by atoms with van der Waals surface area (Å²) >= 11 is 11.7. The first kappa shape index (κ1) is 16.9. The Hall–Kier alpha value is -0.950. The van der Waals surface area contributed by atoms with Crippen LogP contribution in [0, 0.1) is 3.82 Å². The van der Waals surface area contributed by atoms with Crippen LogP contribution in [0.5, 0.6) is 5.75 Å². The third kappa shape index (κ3) is 2.52. The van der Waals surface area contributed by atoms with E-state index in [-0.39, 0.29) is 5.91 Å². The summed E-state index contributed by atoms with van der Waals surface area (Å²) in [5.41, 5.74) is 2.32. The molecule has 23 heavy (non-hydrogen) atoms. The van der Waals surface area contributed by atoms with Gasteiger partial charge in [-0.25, -0.2) is 0 Å². The number of amides is 1. The van der Waals surface area contributed by atoms with Crippen molar-refractivity contribution in [3.63, 3.8) is 0 Å². The van der Waals surface area contributed by atoms with Gasteiger partial charge >= 0.3 is 0 Å². The van der Waals surface area contributed by atoms with Gasteiger partial charge in [0.05, 0.1) is 23.2 Å². The molecular weight excluding hydrogens is 370 g/mol. The van der Waals surface area contributed by atoms with Crippen LogP contribution >= 0.6 is 44.5 Å². The third-order valence-corrected chi connectivity index (χ3v) is 7.54. The summed E-state index contributed by atoms with van der Waals surface area (Å²) in [5.74, 6) is 0.629. The number of rotatable bonds is 2. The van der Waals surface area contributed by atoms with Crippen molar-refractivity contribution in [1.29, 1.82) is 0 Å². The standard InChI is InChI=1S/C16H16ClNO2S3/c1-8(17)14(19)18-11-6-5-9(20-4)7-10(11)12-13(16(18,2)3)22-23-15(12)21/h5-8H,1-4H3. The summed E-state index contributed by atoms with van der Waals surface area (Å²) in [6, 6.07) is 5.71. The highest BCUT2D eigenvalue weighted by Crippen LogP contribution is 2.53. The second kappa shape index (κ2) is 5.84. The van der Waals surface area contributed by atoms with Gasteiger partial charge in [-0.05, 0) is 39.0 Å². The van der Waals surface area contributed by atoms with Gasteiger partial charge in [-0.2, -0.15) is 0 Å². The largest absolute Gasteiger partial charge is 0.497 e. The van der Waals surface area contributed by atoms with Gasteiger partial charge < -0.3 is 4.74 Å². The number of carbonyl (C=O) groups is 1. The Morgan fingerprint density at radius 3 is 2.70 bits per heavy atom. The molecule has 1 aliphatic rings. The molecule has 3 nitrogen and oxygen atoms in total. The fraction of sp³-hybridized carbons (Fsp3) is 0.375. The summed E-state index contributed by atoms with van der Waals surface area (Å²) in [6.07, 6.45) is 0. The maximum atomic E-state index is 12.8. The Kier molecular flexibility index (Phi) is 4.29. The molecule has 1 aliphatic heterocycles. The van der Waals surface area contributed by atoms with Crippen LogP contribution in [0.3, 0.4) is 0 Å². The van der Waals surface area contributed by atoms with Gasteiger partial charge in [-0.3, -0.25) is 9.69 Å². The summed E-state index contributed by atoms with van der Waals surface area (Å²) < 4.78 is 6.20. The number of carbonyl (C=O) groups excluding carboxylic acids is 1. The fourth-order valence-electron chi connectivity index (χ4n) is 2.91. The smallest absolute Gasteiger partial charge is 0.245 e. The zero-order valence-electron chi connectivity index (χ0n) is 13.2. The number of hydrogen-bond donors (Lipinski definition) is 0. The molecule has 0 radical (unpaired) electrons. The van der Waals surface area contributed by atoms with Crippen molar-refractivity contribution in [2.75, 3.05) is 12.0 Å². The molecule has 122 valence electrons. The van der Waals surface area contributed by atoms with Crippen molar-refractivity contribution in [2.45, 2.75) is 31.7 Å². The van der Waals surface area contributed by atoms with Crippen LogP contribution in [0.25, 0.3) is 11.1 Å². The monoisotopic (exact) mass is 385 g/mol. The molecular formula is C16H16ClNO2S3. The lowest BCUT2D eigenvalue weighted by molar-refractivity contribution is -0.119. The zero-order chi connectivity index (χ0) is 16.9. The normalized spacial score (nSPS) is 16.5. The van der Waals surface area contributed by atoms with Crippen LogP contribution < -0.4 is 9.64 Å². The fourth-order valence-corrected chi connectivity index (χ4v) is 6.29. The summed E-state index contributed by atoms with van der Waals surface area (Å²) in [6.45, 7) is 5.77. The minimum atomic E-state index is -0.600. The molecule has 2 aromatic rings. The predicted molar refractivity (Wildman–Crippen MR) is 101 cm³/mol. The number of halogens is 1. The number of alkyl halides is 1. The molecule has 3 rings (SSSR count). The van der Waals surface area contributed by atoms with Gasteiger partial charge in [0.15, 0.2) is 0 Å². The van der Waals surface area contributed by atoms with Gasteiger partial charge in [-0.1, -0.05) is 32.9 Å².